The molecule has 0 saturated carbocycles. The molecule has 34 heavy (non-hydrogen) atoms. The number of benzene rings is 2. The number of hydrogen-bond acceptors (Lipinski definition) is 5. The van der Waals surface area contributed by atoms with E-state index < -0.39 is 17.6 Å². The molecule has 0 aliphatic carbocycles. The molecule has 5 rings (SSSR count). The Morgan fingerprint density at radius 1 is 0.941 bits per heavy atom. The maximum atomic E-state index is 13.0. The first-order chi connectivity index (χ1) is 16.4. The van der Waals surface area contributed by atoms with Crippen molar-refractivity contribution in [1.29, 1.82) is 0 Å². The lowest BCUT2D eigenvalue weighted by atomic mass is 10.1. The number of aromatic amines is 1. The first-order valence-electron chi connectivity index (χ1n) is 10.1. The van der Waals surface area contributed by atoms with Crippen LogP contribution >= 0.6 is 0 Å². The van der Waals surface area contributed by atoms with Crippen molar-refractivity contribution in [1.82, 2.24) is 15.0 Å². The van der Waals surface area contributed by atoms with Gasteiger partial charge in [0.15, 0.2) is 5.76 Å². The normalized spacial score (nSPS) is 11.5. The van der Waals surface area contributed by atoms with Crippen LogP contribution in [-0.2, 0) is 6.18 Å². The molecule has 3 heterocycles. The molecular weight excluding hydrogens is 447 g/mol. The fourth-order valence-corrected chi connectivity index (χ4v) is 3.44. The molecule has 0 saturated heterocycles. The fourth-order valence-electron chi connectivity index (χ4n) is 3.44. The average Bonchev–Trinajstić information content (AvgIpc) is 3.51. The zero-order chi connectivity index (χ0) is 23.7. The van der Waals surface area contributed by atoms with Crippen molar-refractivity contribution < 1.29 is 22.4 Å². The van der Waals surface area contributed by atoms with Crippen LogP contribution in [0.1, 0.15) is 15.9 Å². The minimum Gasteiger partial charge on any atom is -0.463 e. The van der Waals surface area contributed by atoms with Crippen LogP contribution in [0.5, 0.6) is 0 Å². The van der Waals surface area contributed by atoms with E-state index in [1.807, 2.05) is 0 Å². The molecule has 10 heteroatoms. The highest BCUT2D eigenvalue weighted by molar-refractivity contribution is 6.04. The van der Waals surface area contributed by atoms with Crippen molar-refractivity contribution >= 4 is 34.3 Å². The Morgan fingerprint density at radius 2 is 1.76 bits per heavy atom. The number of anilines is 3. The summed E-state index contributed by atoms with van der Waals surface area (Å²) in [7, 11) is 0. The molecule has 0 aliphatic heterocycles. The number of rotatable bonds is 5. The molecule has 2 aromatic carbocycles. The number of carbonyl (C=O) groups excluding carboxylic acids is 1. The smallest absolute Gasteiger partial charge is 0.416 e. The molecule has 3 N–H and O–H groups in total. The van der Waals surface area contributed by atoms with E-state index >= 15 is 0 Å². The van der Waals surface area contributed by atoms with Gasteiger partial charge in [-0.05, 0) is 54.6 Å². The Kier molecular flexibility index (Phi) is 5.25. The molecule has 170 valence electrons. The summed E-state index contributed by atoms with van der Waals surface area (Å²) in [6, 6.07) is 16.3. The van der Waals surface area contributed by atoms with Crippen LogP contribution in [0.25, 0.3) is 22.5 Å². The van der Waals surface area contributed by atoms with Crippen LogP contribution in [-0.4, -0.2) is 20.9 Å². The minimum absolute atomic E-state index is 0.0995. The Balaban J connectivity index is 1.38. The van der Waals surface area contributed by atoms with E-state index in [0.29, 0.717) is 34.3 Å². The first kappa shape index (κ1) is 21.3. The number of amides is 1. The van der Waals surface area contributed by atoms with Crippen LogP contribution in [0.4, 0.5) is 30.5 Å². The summed E-state index contributed by atoms with van der Waals surface area (Å²) >= 11 is 0. The zero-order valence-electron chi connectivity index (χ0n) is 17.4. The summed E-state index contributed by atoms with van der Waals surface area (Å²) in [6.07, 6.45) is -1.23. The van der Waals surface area contributed by atoms with Gasteiger partial charge in [-0.1, -0.05) is 12.1 Å². The lowest BCUT2D eigenvalue weighted by molar-refractivity contribution is -0.137. The maximum Gasteiger partial charge on any atom is 0.416 e. The Labute approximate surface area is 190 Å². The zero-order valence-corrected chi connectivity index (χ0v) is 17.4. The molecule has 0 bridgehead atoms. The summed E-state index contributed by atoms with van der Waals surface area (Å²) in [4.78, 5) is 24.6. The summed E-state index contributed by atoms with van der Waals surface area (Å²) in [5, 5.41) is 5.71. The van der Waals surface area contributed by atoms with Crippen LogP contribution in [0.3, 0.4) is 0 Å². The van der Waals surface area contributed by atoms with E-state index in [2.05, 4.69) is 25.6 Å². The second-order valence-corrected chi connectivity index (χ2v) is 7.35. The fraction of sp³-hybridized carbons (Fsp3) is 0.0417. The van der Waals surface area contributed by atoms with Crippen molar-refractivity contribution in [2.45, 2.75) is 6.18 Å². The number of nitrogens with zero attached hydrogens (tertiary/aromatic N) is 2. The number of alkyl halides is 3. The topological polar surface area (TPSA) is 95.8 Å². The van der Waals surface area contributed by atoms with E-state index in [0.717, 1.165) is 17.6 Å². The quantitative estimate of drug-likeness (QED) is 0.287. The van der Waals surface area contributed by atoms with Crippen LogP contribution in [0.2, 0.25) is 0 Å². The highest BCUT2D eigenvalue weighted by Crippen LogP contribution is 2.30. The summed E-state index contributed by atoms with van der Waals surface area (Å²) in [5.41, 5.74) is 1.96. The van der Waals surface area contributed by atoms with Crippen LogP contribution in [0.15, 0.2) is 83.6 Å². The lowest BCUT2D eigenvalue weighted by Crippen LogP contribution is -2.14. The first-order valence-corrected chi connectivity index (χ1v) is 10.1. The second kappa shape index (κ2) is 8.39. The van der Waals surface area contributed by atoms with Crippen molar-refractivity contribution in [2.24, 2.45) is 0 Å². The second-order valence-electron chi connectivity index (χ2n) is 7.35. The predicted octanol–water partition coefficient (Wildman–Crippen LogP) is 6.23. The predicted molar refractivity (Wildman–Crippen MR) is 121 cm³/mol. The van der Waals surface area contributed by atoms with E-state index in [-0.39, 0.29) is 5.56 Å². The molecule has 0 atom stereocenters. The van der Waals surface area contributed by atoms with E-state index in [1.165, 1.54) is 12.1 Å². The van der Waals surface area contributed by atoms with Crippen molar-refractivity contribution in [3.8, 4) is 11.5 Å². The number of H-pyrrole nitrogens is 1. The van der Waals surface area contributed by atoms with Gasteiger partial charge in [0.2, 0.25) is 5.95 Å². The number of carbonyl (C=O) groups is 1. The maximum absolute atomic E-state index is 13.0. The third kappa shape index (κ3) is 4.33. The van der Waals surface area contributed by atoms with Gasteiger partial charge in [0.25, 0.3) is 5.91 Å². The Bertz CT molecular complexity index is 1480. The van der Waals surface area contributed by atoms with Gasteiger partial charge in [0.05, 0.1) is 22.9 Å². The molecule has 0 unspecified atom stereocenters. The Morgan fingerprint density at radius 3 is 2.56 bits per heavy atom. The SMILES string of the molecule is O=C(Nc1cccc(Nc2nc(-c3ccco3)c3[nH]ccc3n2)c1)c1cccc(C(F)(F)F)c1. The van der Waals surface area contributed by atoms with Crippen LogP contribution in [0, 0.1) is 0 Å². The average molecular weight is 463 g/mol. The summed E-state index contributed by atoms with van der Waals surface area (Å²) in [5.74, 6) is 0.216. The summed E-state index contributed by atoms with van der Waals surface area (Å²) in [6.45, 7) is 0. The number of hydrogen-bond donors (Lipinski definition) is 3. The number of halogens is 3. The van der Waals surface area contributed by atoms with Crippen molar-refractivity contribution in [2.75, 3.05) is 10.6 Å². The largest absolute Gasteiger partial charge is 0.463 e. The number of nitrogens with one attached hydrogen (secondary N) is 3. The highest BCUT2D eigenvalue weighted by Gasteiger charge is 2.30. The van der Waals surface area contributed by atoms with E-state index in [1.54, 1.807) is 54.9 Å². The third-order valence-electron chi connectivity index (χ3n) is 4.99. The van der Waals surface area contributed by atoms with Crippen molar-refractivity contribution in [3.05, 3.63) is 90.3 Å². The number of furan rings is 1. The van der Waals surface area contributed by atoms with Gasteiger partial charge in [-0.25, -0.2) is 9.97 Å². The third-order valence-corrected chi connectivity index (χ3v) is 4.99. The van der Waals surface area contributed by atoms with E-state index in [4.69, 9.17) is 4.42 Å². The van der Waals surface area contributed by atoms with Gasteiger partial charge in [-0.2, -0.15) is 13.2 Å². The highest BCUT2D eigenvalue weighted by atomic mass is 19.4. The number of fused-ring (bicyclic) bond motifs is 1. The van der Waals surface area contributed by atoms with Gasteiger partial charge in [-0.15, -0.1) is 0 Å². The monoisotopic (exact) mass is 463 g/mol. The molecular formula is C24H16F3N5O2. The van der Waals surface area contributed by atoms with Gasteiger partial charge in [0, 0.05) is 23.1 Å². The van der Waals surface area contributed by atoms with Gasteiger partial charge >= 0.3 is 6.18 Å². The van der Waals surface area contributed by atoms with Gasteiger partial charge < -0.3 is 20.0 Å². The van der Waals surface area contributed by atoms with E-state index in [9.17, 15) is 18.0 Å². The molecule has 0 fully saturated rings. The summed E-state index contributed by atoms with van der Waals surface area (Å²) < 4.78 is 44.3. The molecule has 0 radical (unpaired) electrons. The van der Waals surface area contributed by atoms with Gasteiger partial charge in [-0.3, -0.25) is 4.79 Å². The molecule has 3 aromatic heterocycles. The minimum atomic E-state index is -4.53. The Hall–Kier alpha value is -4.60. The number of aromatic nitrogens is 3. The molecule has 1 amide bonds. The van der Waals surface area contributed by atoms with Crippen LogP contribution < -0.4 is 10.6 Å². The lowest BCUT2D eigenvalue weighted by Gasteiger charge is -2.11. The molecule has 0 spiro atoms. The molecule has 5 aromatic rings. The van der Waals surface area contributed by atoms with Gasteiger partial charge in [0.1, 0.15) is 5.69 Å². The molecule has 7 nitrogen and oxygen atoms in total. The standard InChI is InChI=1S/C24H16F3N5O2/c25-24(26,27)15-5-1-4-14(12-15)22(33)29-16-6-2-7-17(13-16)30-23-31-18-9-10-28-20(18)21(32-23)19-8-3-11-34-19/h1-13,28H,(H,29,33)(H,30,31,32). The van der Waals surface area contributed by atoms with Crippen molar-refractivity contribution in [3.63, 3.8) is 0 Å². The molecule has 0 aliphatic rings.